The first-order valence-corrected chi connectivity index (χ1v) is 9.99. The highest BCUT2D eigenvalue weighted by Crippen LogP contribution is 2.34. The van der Waals surface area contributed by atoms with Crippen molar-refractivity contribution < 1.29 is 4.79 Å². The quantitative estimate of drug-likeness (QED) is 0.673. The first-order chi connectivity index (χ1) is 11.8. The van der Waals surface area contributed by atoms with Crippen LogP contribution in [0.4, 0.5) is 0 Å². The lowest BCUT2D eigenvalue weighted by Gasteiger charge is -2.19. The molecule has 0 spiro atoms. The standard InChI is InChI=1S/C19H18N2OS2/c22-19(18-20-15-8-4-5-9-17(15)24-18)21-11-10-16(23-13-12-21)14-6-2-1-3-7-14/h1-9,16H,10-13H2. The van der Waals surface area contributed by atoms with E-state index in [1.54, 1.807) is 0 Å². The number of benzene rings is 2. The molecule has 1 unspecified atom stereocenters. The van der Waals surface area contributed by atoms with E-state index in [2.05, 4.69) is 29.2 Å². The van der Waals surface area contributed by atoms with Gasteiger partial charge in [-0.2, -0.15) is 11.8 Å². The fraction of sp³-hybridized carbons (Fsp3) is 0.263. The van der Waals surface area contributed by atoms with Crippen LogP contribution in [-0.4, -0.2) is 34.6 Å². The summed E-state index contributed by atoms with van der Waals surface area (Å²) in [6, 6.07) is 18.5. The minimum absolute atomic E-state index is 0.0745. The molecule has 0 N–H and O–H groups in total. The Kier molecular flexibility index (Phi) is 4.54. The number of hydrogen-bond acceptors (Lipinski definition) is 4. The molecule has 3 aromatic rings. The summed E-state index contributed by atoms with van der Waals surface area (Å²) < 4.78 is 1.08. The zero-order valence-corrected chi connectivity index (χ0v) is 14.9. The Labute approximate surface area is 149 Å². The van der Waals surface area contributed by atoms with E-state index in [0.717, 1.165) is 35.5 Å². The van der Waals surface area contributed by atoms with Gasteiger partial charge >= 0.3 is 0 Å². The molecule has 4 rings (SSSR count). The molecule has 0 radical (unpaired) electrons. The van der Waals surface area contributed by atoms with E-state index in [9.17, 15) is 4.79 Å². The van der Waals surface area contributed by atoms with Crippen LogP contribution in [0.1, 0.15) is 27.0 Å². The normalized spacial score (nSPS) is 18.5. The first-order valence-electron chi connectivity index (χ1n) is 8.12. The topological polar surface area (TPSA) is 33.2 Å². The number of hydrogen-bond donors (Lipinski definition) is 0. The summed E-state index contributed by atoms with van der Waals surface area (Å²) in [5, 5.41) is 1.08. The molecule has 2 aromatic carbocycles. The van der Waals surface area contributed by atoms with Crippen molar-refractivity contribution in [2.45, 2.75) is 11.7 Å². The Morgan fingerprint density at radius 1 is 1.04 bits per heavy atom. The third-order valence-electron chi connectivity index (χ3n) is 4.28. The maximum Gasteiger partial charge on any atom is 0.282 e. The molecule has 1 aromatic heterocycles. The summed E-state index contributed by atoms with van der Waals surface area (Å²) >= 11 is 3.44. The van der Waals surface area contributed by atoms with Crippen molar-refractivity contribution in [1.82, 2.24) is 9.88 Å². The molecule has 1 aliphatic rings. The third-order valence-corrected chi connectivity index (χ3v) is 6.63. The van der Waals surface area contributed by atoms with Crippen LogP contribution < -0.4 is 0 Å². The summed E-state index contributed by atoms with van der Waals surface area (Å²) in [5.41, 5.74) is 2.27. The van der Waals surface area contributed by atoms with Crippen molar-refractivity contribution in [1.29, 1.82) is 0 Å². The van der Waals surface area contributed by atoms with Gasteiger partial charge in [-0.3, -0.25) is 4.79 Å². The second-order valence-electron chi connectivity index (χ2n) is 5.84. The summed E-state index contributed by atoms with van der Waals surface area (Å²) in [6.07, 6.45) is 0.991. The van der Waals surface area contributed by atoms with Gasteiger partial charge in [0.1, 0.15) is 0 Å². The Bertz CT molecular complexity index is 814. The molecule has 1 fully saturated rings. The van der Waals surface area contributed by atoms with Gasteiger partial charge in [-0.05, 0) is 24.1 Å². The van der Waals surface area contributed by atoms with Crippen molar-refractivity contribution in [3.8, 4) is 0 Å². The molecule has 0 aliphatic carbocycles. The van der Waals surface area contributed by atoms with E-state index in [4.69, 9.17) is 0 Å². The Morgan fingerprint density at radius 3 is 2.67 bits per heavy atom. The Hall–Kier alpha value is -1.85. The number of carbonyl (C=O) groups excluding carboxylic acids is 1. The lowest BCUT2D eigenvalue weighted by atomic mass is 10.1. The van der Waals surface area contributed by atoms with Gasteiger partial charge in [-0.15, -0.1) is 11.3 Å². The second-order valence-corrected chi connectivity index (χ2v) is 8.18. The van der Waals surface area contributed by atoms with Crippen LogP contribution in [0.3, 0.4) is 0 Å². The van der Waals surface area contributed by atoms with Crippen LogP contribution in [-0.2, 0) is 0 Å². The number of thiazole rings is 1. The van der Waals surface area contributed by atoms with Crippen LogP contribution in [0.2, 0.25) is 0 Å². The maximum atomic E-state index is 12.8. The monoisotopic (exact) mass is 354 g/mol. The molecule has 1 atom stereocenters. The average Bonchev–Trinajstić information content (AvgIpc) is 2.91. The molecule has 24 heavy (non-hydrogen) atoms. The molecule has 0 bridgehead atoms. The SMILES string of the molecule is O=C(c1nc2ccccc2s1)N1CCSC(c2ccccc2)CC1. The fourth-order valence-corrected chi connectivity index (χ4v) is 5.17. The number of fused-ring (bicyclic) bond motifs is 1. The highest BCUT2D eigenvalue weighted by Gasteiger charge is 2.24. The second kappa shape index (κ2) is 6.95. The van der Waals surface area contributed by atoms with E-state index in [0.29, 0.717) is 10.3 Å². The molecular weight excluding hydrogens is 336 g/mol. The van der Waals surface area contributed by atoms with Gasteiger partial charge in [-0.1, -0.05) is 42.5 Å². The highest BCUT2D eigenvalue weighted by atomic mass is 32.2. The van der Waals surface area contributed by atoms with Crippen molar-refractivity contribution >= 4 is 39.2 Å². The number of nitrogens with zero attached hydrogens (tertiary/aromatic N) is 2. The number of para-hydroxylation sites is 1. The van der Waals surface area contributed by atoms with Gasteiger partial charge in [0.2, 0.25) is 0 Å². The number of rotatable bonds is 2. The third kappa shape index (κ3) is 3.19. The molecular formula is C19H18N2OS2. The van der Waals surface area contributed by atoms with E-state index in [1.807, 2.05) is 47.0 Å². The van der Waals surface area contributed by atoms with Crippen LogP contribution in [0.25, 0.3) is 10.2 Å². The Morgan fingerprint density at radius 2 is 1.83 bits per heavy atom. The van der Waals surface area contributed by atoms with Crippen LogP contribution >= 0.6 is 23.1 Å². The number of thioether (sulfide) groups is 1. The highest BCUT2D eigenvalue weighted by molar-refractivity contribution is 7.99. The van der Waals surface area contributed by atoms with Crippen molar-refractivity contribution in [3.05, 3.63) is 65.2 Å². The predicted octanol–water partition coefficient (Wildman–Crippen LogP) is 4.62. The minimum atomic E-state index is 0.0745. The Balaban J connectivity index is 1.49. The van der Waals surface area contributed by atoms with Gasteiger partial charge < -0.3 is 4.90 Å². The van der Waals surface area contributed by atoms with Gasteiger partial charge in [0.05, 0.1) is 10.2 Å². The molecule has 122 valence electrons. The van der Waals surface area contributed by atoms with Gasteiger partial charge in [-0.25, -0.2) is 4.98 Å². The predicted molar refractivity (Wildman–Crippen MR) is 102 cm³/mol. The first kappa shape index (κ1) is 15.7. The van der Waals surface area contributed by atoms with E-state index < -0.39 is 0 Å². The number of carbonyl (C=O) groups is 1. The van der Waals surface area contributed by atoms with Crippen LogP contribution in [0.5, 0.6) is 0 Å². The molecule has 5 heteroatoms. The maximum absolute atomic E-state index is 12.8. The fourth-order valence-electron chi connectivity index (χ4n) is 3.01. The molecule has 1 saturated heterocycles. The van der Waals surface area contributed by atoms with Crippen molar-refractivity contribution in [3.63, 3.8) is 0 Å². The molecule has 2 heterocycles. The van der Waals surface area contributed by atoms with E-state index in [1.165, 1.54) is 16.9 Å². The van der Waals surface area contributed by atoms with Gasteiger partial charge in [0.15, 0.2) is 5.01 Å². The van der Waals surface area contributed by atoms with Gasteiger partial charge in [0.25, 0.3) is 5.91 Å². The van der Waals surface area contributed by atoms with Crippen LogP contribution in [0.15, 0.2) is 54.6 Å². The van der Waals surface area contributed by atoms with E-state index in [-0.39, 0.29) is 5.91 Å². The molecule has 0 saturated carbocycles. The smallest absolute Gasteiger partial charge is 0.282 e. The largest absolute Gasteiger partial charge is 0.336 e. The summed E-state index contributed by atoms with van der Waals surface area (Å²) in [4.78, 5) is 19.3. The summed E-state index contributed by atoms with van der Waals surface area (Å²) in [6.45, 7) is 1.59. The molecule has 1 aliphatic heterocycles. The lowest BCUT2D eigenvalue weighted by Crippen LogP contribution is -2.32. The minimum Gasteiger partial charge on any atom is -0.336 e. The number of aromatic nitrogens is 1. The molecule has 3 nitrogen and oxygen atoms in total. The average molecular weight is 355 g/mol. The lowest BCUT2D eigenvalue weighted by molar-refractivity contribution is 0.0766. The molecule has 1 amide bonds. The van der Waals surface area contributed by atoms with E-state index >= 15 is 0 Å². The van der Waals surface area contributed by atoms with Crippen LogP contribution in [0, 0.1) is 0 Å². The summed E-state index contributed by atoms with van der Waals surface area (Å²) in [5.74, 6) is 1.04. The summed E-state index contributed by atoms with van der Waals surface area (Å²) in [7, 11) is 0. The zero-order chi connectivity index (χ0) is 16.4. The van der Waals surface area contributed by atoms with Crippen molar-refractivity contribution in [2.24, 2.45) is 0 Å². The van der Waals surface area contributed by atoms with Crippen molar-refractivity contribution in [2.75, 3.05) is 18.8 Å². The van der Waals surface area contributed by atoms with Gasteiger partial charge in [0, 0.05) is 24.1 Å². The number of amides is 1. The zero-order valence-electron chi connectivity index (χ0n) is 13.2.